The van der Waals surface area contributed by atoms with E-state index < -0.39 is 0 Å². The highest BCUT2D eigenvalue weighted by molar-refractivity contribution is 7.17. The summed E-state index contributed by atoms with van der Waals surface area (Å²) in [5.41, 5.74) is 10.5. The van der Waals surface area contributed by atoms with E-state index in [1.165, 1.54) is 53.2 Å². The normalized spacial score (nSPS) is 21.3. The van der Waals surface area contributed by atoms with E-state index in [1.807, 2.05) is 11.3 Å². The van der Waals surface area contributed by atoms with Crippen molar-refractivity contribution in [3.05, 3.63) is 195 Å². The number of allylic oxidation sites excluding steroid dienone is 10. The van der Waals surface area contributed by atoms with E-state index in [2.05, 4.69) is 164 Å². The molecular weight excluding hydrogens is 703 g/mol. The van der Waals surface area contributed by atoms with E-state index in [9.17, 15) is 0 Å². The van der Waals surface area contributed by atoms with Gasteiger partial charge in [0.2, 0.25) is 0 Å². The molecule has 0 radical (unpaired) electrons. The van der Waals surface area contributed by atoms with E-state index in [4.69, 9.17) is 19.4 Å². The van der Waals surface area contributed by atoms with Crippen LogP contribution >= 0.6 is 11.3 Å². The molecule has 0 saturated heterocycles. The van der Waals surface area contributed by atoms with Gasteiger partial charge in [-0.1, -0.05) is 134 Å². The zero-order chi connectivity index (χ0) is 36.7. The van der Waals surface area contributed by atoms with Gasteiger partial charge in [0, 0.05) is 55.0 Å². The number of hydrogen-bond donors (Lipinski definition) is 0. The summed E-state index contributed by atoms with van der Waals surface area (Å²) in [6.45, 7) is 0. The van der Waals surface area contributed by atoms with Crippen LogP contribution in [0.3, 0.4) is 0 Å². The maximum atomic E-state index is 6.41. The fourth-order valence-corrected chi connectivity index (χ4v) is 10.5. The van der Waals surface area contributed by atoms with Gasteiger partial charge in [-0.15, -0.1) is 11.3 Å². The molecule has 5 aliphatic rings. The van der Waals surface area contributed by atoms with Crippen molar-refractivity contribution >= 4 is 56.2 Å². The molecule has 0 aliphatic heterocycles. The standard InChI is InChI=1S/C51H35N3OS/c1-2-10-33-28-46-44(25-32(33)9-1)43-27-35(22-24-45(43)55-46)50-52-49(53-51(54-50)36-21-23-41-40-15-7-8-16-47(40)56-48(41)29-36)31-19-17-30(18-20-31)42-26-34-11-3-4-12-37(34)38-13-5-6-14-39(38)42/h1-20,22-24,26-29,32,34,36-37H,21,25H2. The first kappa shape index (κ1) is 31.9. The maximum absolute atomic E-state index is 6.41. The summed E-state index contributed by atoms with van der Waals surface area (Å²) in [5.74, 6) is 4.23. The van der Waals surface area contributed by atoms with Crippen molar-refractivity contribution in [1.29, 1.82) is 0 Å². The summed E-state index contributed by atoms with van der Waals surface area (Å²) in [6.07, 6.45) is 28.8. The van der Waals surface area contributed by atoms with Gasteiger partial charge in [0.15, 0.2) is 11.6 Å². The van der Waals surface area contributed by atoms with Crippen molar-refractivity contribution in [2.45, 2.75) is 24.7 Å². The lowest BCUT2D eigenvalue weighted by atomic mass is 9.73. The Morgan fingerprint density at radius 2 is 1.48 bits per heavy atom. The van der Waals surface area contributed by atoms with Crippen molar-refractivity contribution in [1.82, 2.24) is 15.0 Å². The Hall–Kier alpha value is -6.43. The molecule has 0 fully saturated rings. The molecule has 3 aromatic heterocycles. The molecule has 5 aliphatic carbocycles. The molecule has 4 unspecified atom stereocenters. The number of furan rings is 1. The predicted molar refractivity (Wildman–Crippen MR) is 229 cm³/mol. The van der Waals surface area contributed by atoms with Gasteiger partial charge < -0.3 is 4.42 Å². The van der Waals surface area contributed by atoms with Gasteiger partial charge >= 0.3 is 0 Å². The minimum absolute atomic E-state index is 0.0323. The van der Waals surface area contributed by atoms with Gasteiger partial charge in [0.05, 0.1) is 0 Å². The zero-order valence-corrected chi connectivity index (χ0v) is 31.3. The molecular formula is C51H35N3OS. The zero-order valence-electron chi connectivity index (χ0n) is 30.5. The van der Waals surface area contributed by atoms with Gasteiger partial charge in [-0.05, 0) is 81.6 Å². The predicted octanol–water partition coefficient (Wildman–Crippen LogP) is 10.9. The highest BCUT2D eigenvalue weighted by atomic mass is 32.1. The fourth-order valence-electron chi connectivity index (χ4n) is 9.32. The largest absolute Gasteiger partial charge is 0.456 e. The van der Waals surface area contributed by atoms with Crippen molar-refractivity contribution in [2.24, 2.45) is 11.8 Å². The monoisotopic (exact) mass is 737 g/mol. The fraction of sp³-hybridized carbons (Fsp3) is 0.118. The van der Waals surface area contributed by atoms with Crippen LogP contribution in [-0.4, -0.2) is 15.0 Å². The van der Waals surface area contributed by atoms with Crippen LogP contribution in [-0.2, 0) is 6.42 Å². The molecule has 12 rings (SSSR count). The third-order valence-corrected chi connectivity index (χ3v) is 13.3. The molecule has 7 aromatic rings. The van der Waals surface area contributed by atoms with Crippen LogP contribution in [0.1, 0.15) is 52.1 Å². The van der Waals surface area contributed by atoms with Gasteiger partial charge in [-0.25, -0.2) is 15.0 Å². The van der Waals surface area contributed by atoms with E-state index in [0.717, 1.165) is 46.5 Å². The second kappa shape index (κ2) is 12.6. The average molecular weight is 738 g/mol. The highest BCUT2D eigenvalue weighted by Gasteiger charge is 2.29. The van der Waals surface area contributed by atoms with Gasteiger partial charge in [0.1, 0.15) is 17.2 Å². The van der Waals surface area contributed by atoms with Crippen molar-refractivity contribution in [2.75, 3.05) is 0 Å². The molecule has 0 N–H and O–H groups in total. The van der Waals surface area contributed by atoms with Crippen LogP contribution in [0.25, 0.3) is 67.6 Å². The molecule has 0 spiro atoms. The first-order valence-electron chi connectivity index (χ1n) is 19.5. The lowest BCUT2D eigenvalue weighted by Crippen LogP contribution is -2.24. The second-order valence-electron chi connectivity index (χ2n) is 15.4. The van der Waals surface area contributed by atoms with Crippen LogP contribution in [0.2, 0.25) is 0 Å². The smallest absolute Gasteiger partial charge is 0.163 e. The Balaban J connectivity index is 0.971. The van der Waals surface area contributed by atoms with E-state index in [1.54, 1.807) is 0 Å². The summed E-state index contributed by atoms with van der Waals surface area (Å²) < 4.78 is 9.00. The summed E-state index contributed by atoms with van der Waals surface area (Å²) in [6, 6.07) is 32.7. The maximum Gasteiger partial charge on any atom is 0.163 e. The number of benzene rings is 4. The minimum Gasteiger partial charge on any atom is -0.456 e. The Kier molecular flexibility index (Phi) is 7.15. The molecule has 4 atom stereocenters. The first-order chi connectivity index (χ1) is 27.7. The second-order valence-corrected chi connectivity index (χ2v) is 16.5. The van der Waals surface area contributed by atoms with Crippen LogP contribution < -0.4 is 9.75 Å². The molecule has 4 nitrogen and oxygen atoms in total. The molecule has 4 aromatic carbocycles. The van der Waals surface area contributed by atoms with E-state index >= 15 is 0 Å². The topological polar surface area (TPSA) is 51.8 Å². The number of nitrogens with zero attached hydrogens (tertiary/aromatic N) is 3. The quantitative estimate of drug-likeness (QED) is 0.180. The minimum atomic E-state index is 0.0323. The van der Waals surface area contributed by atoms with Gasteiger partial charge in [0.25, 0.3) is 0 Å². The van der Waals surface area contributed by atoms with Crippen LogP contribution in [0.15, 0.2) is 156 Å². The molecule has 0 amide bonds. The van der Waals surface area contributed by atoms with Crippen molar-refractivity contribution in [3.63, 3.8) is 0 Å². The van der Waals surface area contributed by atoms with E-state index in [0.29, 0.717) is 29.4 Å². The third kappa shape index (κ3) is 5.15. The molecule has 5 heteroatoms. The summed E-state index contributed by atoms with van der Waals surface area (Å²) in [7, 11) is 0. The molecule has 0 saturated carbocycles. The lowest BCUT2D eigenvalue weighted by Gasteiger charge is -2.31. The molecule has 0 bridgehead atoms. The summed E-state index contributed by atoms with van der Waals surface area (Å²) in [5, 5.41) is 3.77. The third-order valence-electron chi connectivity index (χ3n) is 12.1. The molecule has 266 valence electrons. The van der Waals surface area contributed by atoms with Crippen molar-refractivity contribution in [3.8, 4) is 22.8 Å². The Morgan fingerprint density at radius 3 is 2.43 bits per heavy atom. The van der Waals surface area contributed by atoms with Gasteiger partial charge in [-0.2, -0.15) is 0 Å². The number of fused-ring (bicyclic) bond motifs is 10. The molecule has 56 heavy (non-hydrogen) atoms. The highest BCUT2D eigenvalue weighted by Crippen LogP contribution is 2.44. The van der Waals surface area contributed by atoms with Crippen LogP contribution in [0, 0.1) is 11.8 Å². The lowest BCUT2D eigenvalue weighted by molar-refractivity contribution is 0.586. The van der Waals surface area contributed by atoms with Crippen molar-refractivity contribution < 1.29 is 4.42 Å². The van der Waals surface area contributed by atoms with Gasteiger partial charge in [-0.3, -0.25) is 0 Å². The molecule has 3 heterocycles. The Bertz CT molecular complexity index is 3110. The van der Waals surface area contributed by atoms with Crippen LogP contribution in [0.4, 0.5) is 0 Å². The van der Waals surface area contributed by atoms with E-state index in [-0.39, 0.29) is 5.92 Å². The number of rotatable bonds is 4. The Labute approximate surface area is 328 Å². The Morgan fingerprint density at radius 1 is 0.679 bits per heavy atom. The first-order valence-corrected chi connectivity index (χ1v) is 20.4. The van der Waals surface area contributed by atoms with Crippen LogP contribution in [0.5, 0.6) is 0 Å². The summed E-state index contributed by atoms with van der Waals surface area (Å²) >= 11 is 1.84. The number of hydrogen-bond acceptors (Lipinski definition) is 5. The average Bonchev–Trinajstić information content (AvgIpc) is 3.82. The number of thiophene rings is 1. The SMILES string of the molecule is C1=CC2=Cc3oc4ccc(-c5nc(-c6ccc(C7=CC8C=CC=CC8c8ccccc87)cc6)nc(C6C=c7sc8ccccc8c7=CC6)n5)cc4c3CC2C=C1. The summed E-state index contributed by atoms with van der Waals surface area (Å²) in [4.78, 5) is 15.7. The number of aromatic nitrogens is 3.